The summed E-state index contributed by atoms with van der Waals surface area (Å²) in [5.41, 5.74) is 3.29. The maximum absolute atomic E-state index is 12.5. The van der Waals surface area contributed by atoms with Gasteiger partial charge in [-0.25, -0.2) is 0 Å². The Morgan fingerprint density at radius 2 is 1.79 bits per heavy atom. The molecule has 1 aliphatic heterocycles. The minimum atomic E-state index is -0.0285. The fourth-order valence-electron chi connectivity index (χ4n) is 4.76. The average Bonchev–Trinajstić information content (AvgIpc) is 3.31. The van der Waals surface area contributed by atoms with Gasteiger partial charge in [0.1, 0.15) is 5.75 Å². The van der Waals surface area contributed by atoms with Gasteiger partial charge in [0, 0.05) is 44.6 Å². The quantitative estimate of drug-likeness (QED) is 0.505. The highest BCUT2D eigenvalue weighted by Crippen LogP contribution is 2.23. The second-order valence-corrected chi connectivity index (χ2v) is 9.43. The van der Waals surface area contributed by atoms with E-state index in [4.69, 9.17) is 9.26 Å². The third-order valence-electron chi connectivity index (χ3n) is 6.32. The average molecular weight is 463 g/mol. The van der Waals surface area contributed by atoms with E-state index in [1.54, 1.807) is 7.11 Å². The number of nitrogens with zero attached hydrogens (tertiary/aromatic N) is 3. The van der Waals surface area contributed by atoms with Crippen LogP contribution < -0.4 is 10.1 Å². The highest BCUT2D eigenvalue weighted by atomic mass is 16.5. The molecule has 7 nitrogen and oxygen atoms in total. The minimum absolute atomic E-state index is 0.0285. The van der Waals surface area contributed by atoms with Crippen molar-refractivity contribution in [1.29, 1.82) is 0 Å². The first-order valence-corrected chi connectivity index (χ1v) is 12.0. The zero-order chi connectivity index (χ0) is 23.9. The van der Waals surface area contributed by atoms with Crippen molar-refractivity contribution in [3.8, 4) is 17.1 Å². The molecule has 0 spiro atoms. The summed E-state index contributed by atoms with van der Waals surface area (Å²) in [6, 6.07) is 15.8. The summed E-state index contributed by atoms with van der Waals surface area (Å²) in [6.45, 7) is 8.38. The number of nitrogens with one attached hydrogen (secondary N) is 1. The van der Waals surface area contributed by atoms with Gasteiger partial charge in [0.2, 0.25) is 17.6 Å². The highest BCUT2D eigenvalue weighted by molar-refractivity contribution is 5.76. The minimum Gasteiger partial charge on any atom is -0.497 e. The van der Waals surface area contributed by atoms with Crippen LogP contribution in [0.3, 0.4) is 0 Å². The van der Waals surface area contributed by atoms with Crippen molar-refractivity contribution in [3.63, 3.8) is 0 Å². The Bertz CT molecular complexity index is 1070. The number of hydrogen-bond donors (Lipinski definition) is 1. The second-order valence-electron chi connectivity index (χ2n) is 9.43. The molecule has 1 aliphatic rings. The number of aromatic nitrogens is 2. The summed E-state index contributed by atoms with van der Waals surface area (Å²) in [5.74, 6) is 3.16. The van der Waals surface area contributed by atoms with E-state index in [9.17, 15) is 4.79 Å². The van der Waals surface area contributed by atoms with Gasteiger partial charge in [-0.05, 0) is 53.6 Å². The van der Waals surface area contributed by atoms with Crippen molar-refractivity contribution in [3.05, 3.63) is 65.5 Å². The fraction of sp³-hybridized carbons (Fsp3) is 0.444. The van der Waals surface area contributed by atoms with Crippen molar-refractivity contribution in [2.75, 3.05) is 20.2 Å². The third-order valence-corrected chi connectivity index (χ3v) is 6.32. The van der Waals surface area contributed by atoms with Crippen LogP contribution in [0.15, 0.2) is 53.1 Å². The molecule has 0 aliphatic carbocycles. The Hall–Kier alpha value is -3.19. The zero-order valence-corrected chi connectivity index (χ0v) is 20.3. The van der Waals surface area contributed by atoms with Crippen LogP contribution in [-0.4, -0.2) is 41.1 Å². The monoisotopic (exact) mass is 462 g/mol. The standard InChI is InChI=1S/C27H34N4O3/c1-19-14-20(2)17-31(16-19)18-23-7-5-4-6-22(23)15-28-25(32)12-13-26-29-27(30-34-26)21-8-10-24(33-3)11-9-21/h4-11,19-20H,12-18H2,1-3H3,(H,28,32). The van der Waals surface area contributed by atoms with E-state index in [1.807, 2.05) is 30.3 Å². The van der Waals surface area contributed by atoms with E-state index in [0.29, 0.717) is 31.1 Å². The zero-order valence-electron chi connectivity index (χ0n) is 20.3. The molecule has 1 saturated heterocycles. The predicted octanol–water partition coefficient (Wildman–Crippen LogP) is 4.47. The molecule has 2 heterocycles. The van der Waals surface area contributed by atoms with Crippen LogP contribution >= 0.6 is 0 Å². The summed E-state index contributed by atoms with van der Waals surface area (Å²) >= 11 is 0. The van der Waals surface area contributed by atoms with E-state index in [1.165, 1.54) is 17.5 Å². The molecule has 7 heteroatoms. The summed E-state index contributed by atoms with van der Waals surface area (Å²) in [6.07, 6.45) is 2.00. The van der Waals surface area contributed by atoms with Crippen LogP contribution in [0, 0.1) is 11.8 Å². The van der Waals surface area contributed by atoms with Gasteiger partial charge in [0.05, 0.1) is 7.11 Å². The first-order valence-electron chi connectivity index (χ1n) is 12.0. The number of aryl methyl sites for hydroxylation is 1. The SMILES string of the molecule is COc1ccc(-c2noc(CCC(=O)NCc3ccccc3CN3CC(C)CC(C)C3)n2)cc1. The van der Waals surface area contributed by atoms with Crippen molar-refractivity contribution in [2.24, 2.45) is 11.8 Å². The van der Waals surface area contributed by atoms with Gasteiger partial charge < -0.3 is 14.6 Å². The third kappa shape index (κ3) is 6.44. The lowest BCUT2D eigenvalue weighted by atomic mass is 9.91. The van der Waals surface area contributed by atoms with Crippen molar-refractivity contribution in [2.45, 2.75) is 46.2 Å². The predicted molar refractivity (Wildman–Crippen MR) is 131 cm³/mol. The molecular weight excluding hydrogens is 428 g/mol. The van der Waals surface area contributed by atoms with Crippen molar-refractivity contribution in [1.82, 2.24) is 20.4 Å². The number of likely N-dealkylation sites (tertiary alicyclic amines) is 1. The molecule has 4 rings (SSSR count). The summed E-state index contributed by atoms with van der Waals surface area (Å²) in [7, 11) is 1.63. The lowest BCUT2D eigenvalue weighted by Gasteiger charge is -2.35. The Morgan fingerprint density at radius 1 is 1.09 bits per heavy atom. The molecular formula is C27H34N4O3. The van der Waals surface area contributed by atoms with Gasteiger partial charge in [-0.15, -0.1) is 0 Å². The smallest absolute Gasteiger partial charge is 0.227 e. The second kappa shape index (κ2) is 11.3. The Balaban J connectivity index is 1.27. The van der Waals surface area contributed by atoms with E-state index in [0.717, 1.165) is 42.8 Å². The van der Waals surface area contributed by atoms with Crippen molar-refractivity contribution < 1.29 is 14.1 Å². The number of piperidine rings is 1. The maximum atomic E-state index is 12.5. The molecule has 0 radical (unpaired) electrons. The first-order chi connectivity index (χ1) is 16.5. The van der Waals surface area contributed by atoms with Crippen LogP contribution in [0.25, 0.3) is 11.4 Å². The Morgan fingerprint density at radius 3 is 2.50 bits per heavy atom. The highest BCUT2D eigenvalue weighted by Gasteiger charge is 2.22. The fourth-order valence-corrected chi connectivity index (χ4v) is 4.76. The summed E-state index contributed by atoms with van der Waals surface area (Å²) in [5, 5.41) is 7.08. The van der Waals surface area contributed by atoms with Crippen LogP contribution in [0.5, 0.6) is 5.75 Å². The van der Waals surface area contributed by atoms with Crippen LogP contribution in [-0.2, 0) is 24.3 Å². The summed E-state index contributed by atoms with van der Waals surface area (Å²) < 4.78 is 10.5. The Kier molecular flexibility index (Phi) is 7.95. The normalized spacial score (nSPS) is 18.6. The van der Waals surface area contributed by atoms with Gasteiger partial charge in [-0.1, -0.05) is 43.3 Å². The lowest BCUT2D eigenvalue weighted by molar-refractivity contribution is -0.121. The molecule has 0 saturated carbocycles. The van der Waals surface area contributed by atoms with Crippen LogP contribution in [0.1, 0.15) is 43.7 Å². The number of carbonyl (C=O) groups is 1. The maximum Gasteiger partial charge on any atom is 0.227 e. The molecule has 2 unspecified atom stereocenters. The summed E-state index contributed by atoms with van der Waals surface area (Å²) in [4.78, 5) is 19.4. The van der Waals surface area contributed by atoms with E-state index in [-0.39, 0.29) is 5.91 Å². The number of carbonyl (C=O) groups excluding carboxylic acids is 1. The van der Waals surface area contributed by atoms with Gasteiger partial charge in [-0.3, -0.25) is 9.69 Å². The van der Waals surface area contributed by atoms with Crippen LogP contribution in [0.2, 0.25) is 0 Å². The topological polar surface area (TPSA) is 80.5 Å². The molecule has 180 valence electrons. The van der Waals surface area contributed by atoms with Crippen molar-refractivity contribution >= 4 is 5.91 Å². The van der Waals surface area contributed by atoms with E-state index >= 15 is 0 Å². The number of benzene rings is 2. The van der Waals surface area contributed by atoms with E-state index < -0.39 is 0 Å². The van der Waals surface area contributed by atoms with Gasteiger partial charge >= 0.3 is 0 Å². The molecule has 1 N–H and O–H groups in total. The van der Waals surface area contributed by atoms with Crippen LogP contribution in [0.4, 0.5) is 0 Å². The number of methoxy groups -OCH3 is 1. The molecule has 1 aromatic heterocycles. The first kappa shape index (κ1) is 24.0. The number of rotatable bonds is 9. The van der Waals surface area contributed by atoms with Gasteiger partial charge in [-0.2, -0.15) is 4.98 Å². The van der Waals surface area contributed by atoms with E-state index in [2.05, 4.69) is 52.4 Å². The van der Waals surface area contributed by atoms with Gasteiger partial charge in [0.25, 0.3) is 0 Å². The molecule has 1 amide bonds. The molecule has 0 bridgehead atoms. The number of amides is 1. The molecule has 34 heavy (non-hydrogen) atoms. The lowest BCUT2D eigenvalue weighted by Crippen LogP contribution is -2.38. The Labute approximate surface area is 201 Å². The van der Waals surface area contributed by atoms with Gasteiger partial charge in [0.15, 0.2) is 0 Å². The number of hydrogen-bond acceptors (Lipinski definition) is 6. The number of ether oxygens (including phenoxy) is 1. The molecule has 3 aromatic rings. The largest absolute Gasteiger partial charge is 0.497 e. The molecule has 2 atom stereocenters. The molecule has 1 fully saturated rings. The molecule has 2 aromatic carbocycles.